The zero-order valence-electron chi connectivity index (χ0n) is 15.0. The van der Waals surface area contributed by atoms with E-state index in [1.807, 2.05) is 44.0 Å². The third-order valence-corrected chi connectivity index (χ3v) is 5.65. The number of benzene rings is 1. The molecule has 2 heterocycles. The van der Waals surface area contributed by atoms with Gasteiger partial charge in [0.05, 0.1) is 0 Å². The third kappa shape index (κ3) is 3.69. The number of amides is 1. The smallest absolute Gasteiger partial charge is 0.223 e. The minimum atomic E-state index is 0.0725. The first-order chi connectivity index (χ1) is 11.4. The summed E-state index contributed by atoms with van der Waals surface area (Å²) < 4.78 is 0. The van der Waals surface area contributed by atoms with Gasteiger partial charge < -0.3 is 10.2 Å². The molecular weight excluding hydrogens is 300 g/mol. The van der Waals surface area contributed by atoms with Gasteiger partial charge >= 0.3 is 0 Å². The van der Waals surface area contributed by atoms with Crippen LogP contribution in [0, 0.1) is 13.8 Å². The molecule has 1 aromatic carbocycles. The zero-order chi connectivity index (χ0) is 17.3. The number of hydrogen-bond acceptors (Lipinski definition) is 3. The van der Waals surface area contributed by atoms with Crippen LogP contribution in [0.5, 0.6) is 0 Å². The summed E-state index contributed by atoms with van der Waals surface area (Å²) in [6.45, 7) is 3.94. The molecule has 2 bridgehead atoms. The molecule has 4 heteroatoms. The van der Waals surface area contributed by atoms with Crippen LogP contribution in [0.3, 0.4) is 0 Å². The molecule has 24 heavy (non-hydrogen) atoms. The monoisotopic (exact) mass is 328 g/mol. The standard InChI is InChI=1S/C20H28N2O2/c1-13-4-5-14(2)18(10-13)19(23)8-9-20(24)22(3)17-11-15-6-7-16(12-17)21-15/h4-5,10,15-17,21H,6-9,11-12H2,1-3H3. The number of nitrogens with zero attached hydrogens (tertiary/aromatic N) is 1. The van der Waals surface area contributed by atoms with Crippen molar-refractivity contribution in [3.8, 4) is 0 Å². The average Bonchev–Trinajstić information content (AvgIpc) is 2.91. The molecule has 0 aromatic heterocycles. The molecule has 0 saturated carbocycles. The molecule has 0 radical (unpaired) electrons. The summed E-state index contributed by atoms with van der Waals surface area (Å²) >= 11 is 0. The second-order valence-electron chi connectivity index (χ2n) is 7.51. The fourth-order valence-electron chi connectivity index (χ4n) is 4.11. The first kappa shape index (κ1) is 17.2. The van der Waals surface area contributed by atoms with E-state index in [1.165, 1.54) is 12.8 Å². The number of hydrogen-bond donors (Lipinski definition) is 1. The van der Waals surface area contributed by atoms with E-state index in [0.29, 0.717) is 31.0 Å². The molecule has 2 aliphatic heterocycles. The van der Waals surface area contributed by atoms with Crippen molar-refractivity contribution in [2.24, 2.45) is 0 Å². The topological polar surface area (TPSA) is 49.4 Å². The fourth-order valence-corrected chi connectivity index (χ4v) is 4.11. The van der Waals surface area contributed by atoms with Gasteiger partial charge in [-0.2, -0.15) is 0 Å². The lowest BCUT2D eigenvalue weighted by Crippen LogP contribution is -2.48. The molecule has 1 amide bonds. The van der Waals surface area contributed by atoms with E-state index in [2.05, 4.69) is 5.32 Å². The second kappa shape index (κ2) is 7.06. The van der Waals surface area contributed by atoms with Crippen molar-refractivity contribution >= 4 is 11.7 Å². The van der Waals surface area contributed by atoms with Gasteiger partial charge in [0, 0.05) is 43.6 Å². The van der Waals surface area contributed by atoms with Crippen molar-refractivity contribution in [1.82, 2.24) is 10.2 Å². The van der Waals surface area contributed by atoms with E-state index < -0.39 is 0 Å². The Kier molecular flexibility index (Phi) is 5.04. The van der Waals surface area contributed by atoms with Crippen molar-refractivity contribution in [3.63, 3.8) is 0 Å². The zero-order valence-corrected chi connectivity index (χ0v) is 15.0. The number of fused-ring (bicyclic) bond motifs is 2. The van der Waals surface area contributed by atoms with Crippen LogP contribution in [0.4, 0.5) is 0 Å². The minimum absolute atomic E-state index is 0.0725. The van der Waals surface area contributed by atoms with Gasteiger partial charge in [0.1, 0.15) is 0 Å². The summed E-state index contributed by atoms with van der Waals surface area (Å²) in [5, 5.41) is 3.61. The van der Waals surface area contributed by atoms with Crippen LogP contribution < -0.4 is 5.32 Å². The number of Topliss-reactive ketones (excluding diaryl/α,β-unsaturated/α-hetero) is 1. The average molecular weight is 328 g/mol. The minimum Gasteiger partial charge on any atom is -0.343 e. The molecular formula is C20H28N2O2. The Bertz CT molecular complexity index is 629. The van der Waals surface area contributed by atoms with E-state index in [0.717, 1.165) is 29.5 Å². The Morgan fingerprint density at radius 1 is 1.12 bits per heavy atom. The van der Waals surface area contributed by atoms with Crippen LogP contribution in [0.25, 0.3) is 0 Å². The molecule has 4 nitrogen and oxygen atoms in total. The summed E-state index contributed by atoms with van der Waals surface area (Å²) in [7, 11) is 1.90. The number of rotatable bonds is 5. The number of carbonyl (C=O) groups excluding carboxylic acids is 2. The molecule has 130 valence electrons. The van der Waals surface area contributed by atoms with Crippen molar-refractivity contribution in [1.29, 1.82) is 0 Å². The highest BCUT2D eigenvalue weighted by Gasteiger charge is 2.36. The van der Waals surface area contributed by atoms with Gasteiger partial charge in [-0.05, 0) is 51.2 Å². The van der Waals surface area contributed by atoms with Crippen LogP contribution >= 0.6 is 0 Å². The Hall–Kier alpha value is -1.68. The molecule has 2 fully saturated rings. The molecule has 2 saturated heterocycles. The Labute approximate surface area is 144 Å². The van der Waals surface area contributed by atoms with Gasteiger partial charge in [0.25, 0.3) is 0 Å². The van der Waals surface area contributed by atoms with Crippen molar-refractivity contribution < 1.29 is 9.59 Å². The summed E-state index contributed by atoms with van der Waals surface area (Å²) in [6, 6.07) is 7.38. The third-order valence-electron chi connectivity index (χ3n) is 5.65. The van der Waals surface area contributed by atoms with Crippen molar-refractivity contribution in [2.45, 2.75) is 70.5 Å². The normalized spacial score (nSPS) is 25.5. The molecule has 2 unspecified atom stereocenters. The lowest BCUT2D eigenvalue weighted by atomic mass is 9.97. The van der Waals surface area contributed by atoms with Gasteiger partial charge in [-0.25, -0.2) is 0 Å². The lowest BCUT2D eigenvalue weighted by Gasteiger charge is -2.35. The first-order valence-electron chi connectivity index (χ1n) is 9.06. The van der Waals surface area contributed by atoms with Gasteiger partial charge in [-0.1, -0.05) is 17.7 Å². The fraction of sp³-hybridized carbons (Fsp3) is 0.600. The predicted molar refractivity (Wildman–Crippen MR) is 95.2 cm³/mol. The van der Waals surface area contributed by atoms with Gasteiger partial charge in [-0.3, -0.25) is 9.59 Å². The van der Waals surface area contributed by atoms with Gasteiger partial charge in [-0.15, -0.1) is 0 Å². The van der Waals surface area contributed by atoms with Crippen LogP contribution in [0.1, 0.15) is 60.0 Å². The summed E-state index contributed by atoms with van der Waals surface area (Å²) in [5.41, 5.74) is 2.82. The Morgan fingerprint density at radius 3 is 2.46 bits per heavy atom. The van der Waals surface area contributed by atoms with Crippen molar-refractivity contribution in [2.75, 3.05) is 7.05 Å². The molecule has 3 rings (SSSR count). The lowest BCUT2D eigenvalue weighted by molar-refractivity contribution is -0.132. The molecule has 0 aliphatic carbocycles. The summed E-state index contributed by atoms with van der Waals surface area (Å²) in [4.78, 5) is 26.9. The molecule has 1 aromatic rings. The number of piperidine rings is 1. The van der Waals surface area contributed by atoms with Gasteiger partial charge in [0.15, 0.2) is 5.78 Å². The van der Waals surface area contributed by atoms with Crippen LogP contribution in [0.15, 0.2) is 18.2 Å². The molecule has 0 spiro atoms. The summed E-state index contributed by atoms with van der Waals surface area (Å²) in [5.74, 6) is 0.170. The SMILES string of the molecule is Cc1ccc(C)c(C(=O)CCC(=O)N(C)C2CC3CCC(C2)N3)c1. The van der Waals surface area contributed by atoms with E-state index in [4.69, 9.17) is 0 Å². The predicted octanol–water partition coefficient (Wildman–Crippen LogP) is 3.01. The molecule has 2 atom stereocenters. The molecule has 1 N–H and O–H groups in total. The largest absolute Gasteiger partial charge is 0.343 e. The Balaban J connectivity index is 1.55. The second-order valence-corrected chi connectivity index (χ2v) is 7.51. The highest BCUT2D eigenvalue weighted by Crippen LogP contribution is 2.29. The van der Waals surface area contributed by atoms with Crippen LogP contribution in [0.2, 0.25) is 0 Å². The molecule has 2 aliphatic rings. The van der Waals surface area contributed by atoms with E-state index in [1.54, 1.807) is 0 Å². The summed E-state index contributed by atoms with van der Waals surface area (Å²) in [6.07, 6.45) is 5.16. The highest BCUT2D eigenvalue weighted by atomic mass is 16.2. The van der Waals surface area contributed by atoms with Crippen molar-refractivity contribution in [3.05, 3.63) is 34.9 Å². The maximum absolute atomic E-state index is 12.5. The number of ketones is 1. The van der Waals surface area contributed by atoms with E-state index in [-0.39, 0.29) is 11.7 Å². The maximum atomic E-state index is 12.5. The van der Waals surface area contributed by atoms with E-state index in [9.17, 15) is 9.59 Å². The van der Waals surface area contributed by atoms with Crippen LogP contribution in [-0.4, -0.2) is 41.8 Å². The maximum Gasteiger partial charge on any atom is 0.223 e. The number of aryl methyl sites for hydroxylation is 2. The number of carbonyl (C=O) groups is 2. The number of nitrogens with one attached hydrogen (secondary N) is 1. The van der Waals surface area contributed by atoms with Crippen LogP contribution in [-0.2, 0) is 4.79 Å². The highest BCUT2D eigenvalue weighted by molar-refractivity contribution is 5.99. The Morgan fingerprint density at radius 2 is 1.79 bits per heavy atom. The van der Waals surface area contributed by atoms with E-state index >= 15 is 0 Å². The first-order valence-corrected chi connectivity index (χ1v) is 9.06. The van der Waals surface area contributed by atoms with Gasteiger partial charge in [0.2, 0.25) is 5.91 Å². The quantitative estimate of drug-likeness (QED) is 0.845.